The number of nitrogen functional groups attached to an aromatic ring is 1. The Morgan fingerprint density at radius 3 is 2.86 bits per heavy atom. The van der Waals surface area contributed by atoms with Crippen LogP contribution in [-0.4, -0.2) is 61.8 Å². The molecule has 1 aliphatic heterocycles. The van der Waals surface area contributed by atoms with Crippen molar-refractivity contribution < 1.29 is 18.3 Å². The smallest absolute Gasteiger partial charge is 0.153 e. The molecule has 2 rings (SSSR count). The van der Waals surface area contributed by atoms with Gasteiger partial charge in [-0.1, -0.05) is 12.1 Å². The maximum Gasteiger partial charge on any atom is 0.153 e. The number of rotatable bonds is 5. The summed E-state index contributed by atoms with van der Waals surface area (Å²) in [6.07, 6.45) is -0.687. The number of sulfone groups is 1. The van der Waals surface area contributed by atoms with Crippen LogP contribution < -0.4 is 10.5 Å². The fourth-order valence-electron chi connectivity index (χ4n) is 2.43. The summed E-state index contributed by atoms with van der Waals surface area (Å²) in [6, 6.07) is 7.03. The summed E-state index contributed by atoms with van der Waals surface area (Å²) in [7, 11) is -2.93. The number of β-amino-alcohol motifs (C(OH)–C–C–N with tert-alkyl or cyclic N) is 1. The van der Waals surface area contributed by atoms with Crippen LogP contribution in [0.2, 0.25) is 0 Å². The minimum absolute atomic E-state index is 0.0832. The molecule has 118 valence electrons. The van der Waals surface area contributed by atoms with Crippen molar-refractivity contribution in [3.05, 3.63) is 24.3 Å². The normalized spacial score (nSPS) is 23.6. The Hall–Kier alpha value is -1.31. The lowest BCUT2D eigenvalue weighted by Crippen LogP contribution is -2.50. The molecule has 3 N–H and O–H groups in total. The number of hydrogen-bond acceptors (Lipinski definition) is 6. The molecule has 0 bridgehead atoms. The second kappa shape index (κ2) is 6.64. The van der Waals surface area contributed by atoms with Gasteiger partial charge in [-0.05, 0) is 19.1 Å². The van der Waals surface area contributed by atoms with Crippen molar-refractivity contribution in [2.75, 3.05) is 36.9 Å². The molecular weight excluding hydrogens is 292 g/mol. The molecule has 0 spiro atoms. The molecule has 1 aromatic carbocycles. The molecule has 2 atom stereocenters. The van der Waals surface area contributed by atoms with Crippen LogP contribution in [0.15, 0.2) is 24.3 Å². The van der Waals surface area contributed by atoms with E-state index in [2.05, 4.69) is 0 Å². The first kappa shape index (κ1) is 16.1. The van der Waals surface area contributed by atoms with Crippen LogP contribution in [-0.2, 0) is 9.84 Å². The van der Waals surface area contributed by atoms with Gasteiger partial charge < -0.3 is 15.6 Å². The van der Waals surface area contributed by atoms with Gasteiger partial charge in [0.05, 0.1) is 17.2 Å². The largest absolute Gasteiger partial charge is 0.489 e. The summed E-state index contributed by atoms with van der Waals surface area (Å²) in [5, 5.41) is 10.0. The molecule has 0 amide bonds. The average molecular weight is 314 g/mol. The van der Waals surface area contributed by atoms with Crippen molar-refractivity contribution in [2.45, 2.75) is 19.1 Å². The van der Waals surface area contributed by atoms with Crippen molar-refractivity contribution in [1.82, 2.24) is 4.90 Å². The van der Waals surface area contributed by atoms with Crippen molar-refractivity contribution in [2.24, 2.45) is 0 Å². The Bertz CT molecular complexity index is 576. The fraction of sp³-hybridized carbons (Fsp3) is 0.571. The number of benzene rings is 1. The standard InChI is InChI=1S/C14H22N2O4S/c1-11-10-21(18,19)7-6-16(11)8-12(17)9-20-14-5-3-2-4-13(14)15/h2-5,11-12,17H,6-10,15H2,1H3. The number of hydrogen-bond donors (Lipinski definition) is 2. The third-order valence-corrected chi connectivity index (χ3v) is 5.40. The minimum Gasteiger partial charge on any atom is -0.489 e. The number of anilines is 1. The quantitative estimate of drug-likeness (QED) is 0.750. The van der Waals surface area contributed by atoms with E-state index in [4.69, 9.17) is 10.5 Å². The van der Waals surface area contributed by atoms with E-state index < -0.39 is 15.9 Å². The Morgan fingerprint density at radius 1 is 1.48 bits per heavy atom. The first-order valence-electron chi connectivity index (χ1n) is 6.97. The lowest BCUT2D eigenvalue weighted by molar-refractivity contribution is 0.0590. The molecule has 1 heterocycles. The van der Waals surface area contributed by atoms with Crippen molar-refractivity contribution in [3.63, 3.8) is 0 Å². The molecular formula is C14H22N2O4S. The zero-order valence-electron chi connectivity index (χ0n) is 12.1. The van der Waals surface area contributed by atoms with Crippen molar-refractivity contribution in [3.8, 4) is 5.75 Å². The van der Waals surface area contributed by atoms with E-state index in [0.29, 0.717) is 24.5 Å². The predicted octanol–water partition coefficient (Wildman–Crippen LogP) is 0.127. The topological polar surface area (TPSA) is 92.9 Å². The van der Waals surface area contributed by atoms with Gasteiger partial charge in [-0.3, -0.25) is 4.90 Å². The van der Waals surface area contributed by atoms with E-state index in [1.54, 1.807) is 12.1 Å². The van der Waals surface area contributed by atoms with Gasteiger partial charge in [-0.2, -0.15) is 0 Å². The summed E-state index contributed by atoms with van der Waals surface area (Å²) >= 11 is 0. The molecule has 7 heteroatoms. The number of ether oxygens (including phenoxy) is 1. The molecule has 0 saturated carbocycles. The van der Waals surface area contributed by atoms with Gasteiger partial charge in [0.1, 0.15) is 18.5 Å². The highest BCUT2D eigenvalue weighted by atomic mass is 32.2. The zero-order valence-corrected chi connectivity index (χ0v) is 12.9. The van der Waals surface area contributed by atoms with Gasteiger partial charge in [-0.25, -0.2) is 8.42 Å². The molecule has 0 aliphatic carbocycles. The van der Waals surface area contributed by atoms with Crippen molar-refractivity contribution >= 4 is 15.5 Å². The average Bonchev–Trinajstić information content (AvgIpc) is 2.40. The molecule has 6 nitrogen and oxygen atoms in total. The number of aliphatic hydroxyl groups is 1. The number of nitrogens with zero attached hydrogens (tertiary/aromatic N) is 1. The predicted molar refractivity (Wildman–Crippen MR) is 82.0 cm³/mol. The van der Waals surface area contributed by atoms with E-state index in [9.17, 15) is 13.5 Å². The summed E-state index contributed by atoms with van der Waals surface area (Å²) in [5.74, 6) is 0.841. The number of aliphatic hydroxyl groups excluding tert-OH is 1. The second-order valence-electron chi connectivity index (χ2n) is 5.46. The fourth-order valence-corrected chi connectivity index (χ4v) is 4.05. The molecule has 0 aromatic heterocycles. The van der Waals surface area contributed by atoms with Gasteiger partial charge >= 0.3 is 0 Å². The zero-order chi connectivity index (χ0) is 15.5. The minimum atomic E-state index is -2.93. The van der Waals surface area contributed by atoms with E-state index in [0.717, 1.165) is 0 Å². The van der Waals surface area contributed by atoms with Gasteiger partial charge in [0.2, 0.25) is 0 Å². The maximum absolute atomic E-state index is 11.5. The second-order valence-corrected chi connectivity index (χ2v) is 7.69. The third kappa shape index (κ3) is 4.59. The van der Waals surface area contributed by atoms with E-state index >= 15 is 0 Å². The van der Waals surface area contributed by atoms with Crippen LogP contribution in [0.25, 0.3) is 0 Å². The van der Waals surface area contributed by atoms with Crippen LogP contribution in [0, 0.1) is 0 Å². The summed E-state index contributed by atoms with van der Waals surface area (Å²) in [5.41, 5.74) is 6.29. The molecule has 1 fully saturated rings. The Kier molecular flexibility index (Phi) is 5.08. The van der Waals surface area contributed by atoms with Crippen LogP contribution in [0.1, 0.15) is 6.92 Å². The molecule has 1 saturated heterocycles. The first-order chi connectivity index (χ1) is 9.87. The number of para-hydroxylation sites is 2. The summed E-state index contributed by atoms with van der Waals surface area (Å²) < 4.78 is 28.5. The molecule has 2 unspecified atom stereocenters. The van der Waals surface area contributed by atoms with E-state index in [-0.39, 0.29) is 24.2 Å². The molecule has 21 heavy (non-hydrogen) atoms. The summed E-state index contributed by atoms with van der Waals surface area (Å²) in [6.45, 7) is 2.83. The summed E-state index contributed by atoms with van der Waals surface area (Å²) in [4.78, 5) is 1.98. The first-order valence-corrected chi connectivity index (χ1v) is 8.79. The van der Waals surface area contributed by atoms with Gasteiger partial charge in [0, 0.05) is 19.1 Å². The number of nitrogens with two attached hydrogens (primary N) is 1. The maximum atomic E-state index is 11.5. The SMILES string of the molecule is CC1CS(=O)(=O)CCN1CC(O)COc1ccccc1N. The van der Waals surface area contributed by atoms with Gasteiger partial charge in [0.15, 0.2) is 9.84 Å². The van der Waals surface area contributed by atoms with Crippen LogP contribution >= 0.6 is 0 Å². The highest BCUT2D eigenvalue weighted by Gasteiger charge is 2.29. The van der Waals surface area contributed by atoms with Gasteiger partial charge in [-0.15, -0.1) is 0 Å². The van der Waals surface area contributed by atoms with Crippen LogP contribution in [0.5, 0.6) is 5.75 Å². The monoisotopic (exact) mass is 314 g/mol. The lowest BCUT2D eigenvalue weighted by atomic mass is 10.2. The highest BCUT2D eigenvalue weighted by Crippen LogP contribution is 2.20. The Labute approximate surface area is 125 Å². The van der Waals surface area contributed by atoms with E-state index in [1.165, 1.54) is 0 Å². The van der Waals surface area contributed by atoms with Crippen LogP contribution in [0.3, 0.4) is 0 Å². The molecule has 1 aromatic rings. The molecule has 0 radical (unpaired) electrons. The highest BCUT2D eigenvalue weighted by molar-refractivity contribution is 7.91. The lowest BCUT2D eigenvalue weighted by Gasteiger charge is -2.34. The Morgan fingerprint density at radius 2 is 2.19 bits per heavy atom. The Balaban J connectivity index is 1.82. The van der Waals surface area contributed by atoms with Crippen molar-refractivity contribution in [1.29, 1.82) is 0 Å². The third-order valence-electron chi connectivity index (χ3n) is 3.60. The van der Waals surface area contributed by atoms with Gasteiger partial charge in [0.25, 0.3) is 0 Å². The van der Waals surface area contributed by atoms with E-state index in [1.807, 2.05) is 24.0 Å². The van der Waals surface area contributed by atoms with Crippen LogP contribution in [0.4, 0.5) is 5.69 Å². The molecule has 1 aliphatic rings.